The summed E-state index contributed by atoms with van der Waals surface area (Å²) in [4.78, 5) is 10.5. The Hall–Kier alpha value is -0.920. The highest BCUT2D eigenvalue weighted by Gasteiger charge is 2.05. The van der Waals surface area contributed by atoms with Crippen LogP contribution in [-0.2, 0) is 0 Å². The van der Waals surface area contributed by atoms with Gasteiger partial charge in [0.15, 0.2) is 0 Å². The van der Waals surface area contributed by atoms with Crippen LogP contribution in [0.2, 0.25) is 0 Å². The van der Waals surface area contributed by atoms with Crippen LogP contribution in [0.4, 0.5) is 0 Å². The van der Waals surface area contributed by atoms with Gasteiger partial charge >= 0.3 is 0 Å². The molecule has 0 amide bonds. The van der Waals surface area contributed by atoms with Crippen LogP contribution in [0.3, 0.4) is 0 Å². The molecule has 23 heavy (non-hydrogen) atoms. The third kappa shape index (κ3) is 26.3. The van der Waals surface area contributed by atoms with Crippen molar-refractivity contribution in [3.8, 4) is 0 Å². The predicted molar refractivity (Wildman–Crippen MR) is 91.2 cm³/mol. The summed E-state index contributed by atoms with van der Waals surface area (Å²) in [5, 5.41) is 31.7. The molecule has 0 aromatic heterocycles. The van der Waals surface area contributed by atoms with Crippen molar-refractivity contribution in [2.75, 3.05) is 26.7 Å². The fraction of sp³-hybridized carbons (Fsp3) is 1.00. The van der Waals surface area contributed by atoms with E-state index in [1.54, 1.807) is 0 Å². The van der Waals surface area contributed by atoms with Crippen molar-refractivity contribution in [1.29, 1.82) is 0 Å². The van der Waals surface area contributed by atoms with Crippen LogP contribution < -0.4 is 0 Å². The fourth-order valence-corrected chi connectivity index (χ4v) is 2.38. The molecule has 0 aliphatic heterocycles. The molecule has 0 aromatic rings. The van der Waals surface area contributed by atoms with Crippen molar-refractivity contribution in [3.05, 3.63) is 10.1 Å². The van der Waals surface area contributed by atoms with Gasteiger partial charge in [0.1, 0.15) is 0 Å². The van der Waals surface area contributed by atoms with Gasteiger partial charge in [0.05, 0.1) is 12.7 Å². The molecule has 7 nitrogen and oxygen atoms in total. The van der Waals surface area contributed by atoms with E-state index in [0.717, 1.165) is 6.54 Å². The second-order valence-corrected chi connectivity index (χ2v) is 6.02. The molecular formula is C16H36N2O5. The summed E-state index contributed by atoms with van der Waals surface area (Å²) in [6, 6.07) is 0. The van der Waals surface area contributed by atoms with E-state index < -0.39 is 11.2 Å². The number of rotatable bonds is 14. The van der Waals surface area contributed by atoms with E-state index in [2.05, 4.69) is 11.8 Å². The van der Waals surface area contributed by atoms with Gasteiger partial charge in [-0.05, 0) is 20.0 Å². The summed E-state index contributed by atoms with van der Waals surface area (Å²) < 4.78 is 0. The van der Waals surface area contributed by atoms with Gasteiger partial charge in [-0.1, -0.05) is 64.7 Å². The number of unbranched alkanes of at least 4 members (excludes halogenated alkanes) is 9. The molecule has 140 valence electrons. The van der Waals surface area contributed by atoms with E-state index in [0.29, 0.717) is 6.54 Å². The van der Waals surface area contributed by atoms with Gasteiger partial charge in [-0.15, -0.1) is 10.1 Å². The predicted octanol–water partition coefficient (Wildman–Crippen LogP) is 2.84. The maximum atomic E-state index is 9.30. The summed E-state index contributed by atoms with van der Waals surface area (Å²) in [6.07, 6.45) is 13.0. The van der Waals surface area contributed by atoms with Crippen LogP contribution in [0, 0.1) is 10.1 Å². The average Bonchev–Trinajstić information content (AvgIpc) is 2.48. The lowest BCUT2D eigenvalue weighted by Gasteiger charge is -2.18. The van der Waals surface area contributed by atoms with Crippen LogP contribution in [0.25, 0.3) is 0 Å². The van der Waals surface area contributed by atoms with Gasteiger partial charge < -0.3 is 20.3 Å². The van der Waals surface area contributed by atoms with Crippen LogP contribution in [0.15, 0.2) is 0 Å². The first kappa shape index (κ1) is 24.3. The van der Waals surface area contributed by atoms with Crippen molar-refractivity contribution >= 4 is 0 Å². The molecule has 0 aromatic carbocycles. The Bertz CT molecular complexity index is 251. The van der Waals surface area contributed by atoms with Crippen molar-refractivity contribution in [2.45, 2.75) is 77.2 Å². The third-order valence-electron chi connectivity index (χ3n) is 3.63. The Balaban J connectivity index is 0. The molecule has 1 unspecified atom stereocenters. The molecule has 0 rings (SSSR count). The van der Waals surface area contributed by atoms with Crippen LogP contribution in [0.5, 0.6) is 0 Å². The summed E-state index contributed by atoms with van der Waals surface area (Å²) >= 11 is 0. The number of nitrogens with zero attached hydrogens (tertiary/aromatic N) is 2. The Morgan fingerprint density at radius 1 is 1.00 bits per heavy atom. The van der Waals surface area contributed by atoms with Crippen LogP contribution >= 0.6 is 0 Å². The topological polar surface area (TPSA) is 107 Å². The molecule has 7 heteroatoms. The lowest BCUT2D eigenvalue weighted by atomic mass is 10.1. The molecular weight excluding hydrogens is 300 g/mol. The first-order chi connectivity index (χ1) is 10.9. The van der Waals surface area contributed by atoms with E-state index in [4.69, 9.17) is 20.4 Å². The normalized spacial score (nSPS) is 11.9. The highest BCUT2D eigenvalue weighted by atomic mass is 16.9. The highest BCUT2D eigenvalue weighted by molar-refractivity contribution is 4.59. The van der Waals surface area contributed by atoms with E-state index >= 15 is 0 Å². The number of likely N-dealkylation sites (N-methyl/N-ethyl adjacent to an activating group) is 1. The van der Waals surface area contributed by atoms with E-state index in [1.807, 2.05) is 7.05 Å². The lowest BCUT2D eigenvalue weighted by molar-refractivity contribution is -0.742. The molecule has 0 heterocycles. The molecule has 1 atom stereocenters. The Morgan fingerprint density at radius 2 is 1.39 bits per heavy atom. The molecule has 0 aliphatic carbocycles. The maximum Gasteiger partial charge on any atom is 0.291 e. The van der Waals surface area contributed by atoms with Gasteiger partial charge in [-0.25, -0.2) is 0 Å². The first-order valence-corrected chi connectivity index (χ1v) is 8.74. The van der Waals surface area contributed by atoms with Gasteiger partial charge in [0.25, 0.3) is 5.09 Å². The summed E-state index contributed by atoms with van der Waals surface area (Å²) in [5.41, 5.74) is 0. The van der Waals surface area contributed by atoms with Gasteiger partial charge in [-0.3, -0.25) is 0 Å². The second-order valence-electron chi connectivity index (χ2n) is 6.02. The summed E-state index contributed by atoms with van der Waals surface area (Å²) in [7, 11) is 2.01. The minimum Gasteiger partial charge on any atom is -0.394 e. The fourth-order valence-electron chi connectivity index (χ4n) is 2.38. The molecule has 0 saturated heterocycles. The van der Waals surface area contributed by atoms with Crippen molar-refractivity contribution < 1.29 is 20.5 Å². The number of hydrogen-bond acceptors (Lipinski definition) is 5. The zero-order valence-electron chi connectivity index (χ0n) is 14.8. The minimum absolute atomic E-state index is 0.137. The first-order valence-electron chi connectivity index (χ1n) is 8.74. The summed E-state index contributed by atoms with van der Waals surface area (Å²) in [5.74, 6) is 0. The average molecular weight is 336 g/mol. The Kier molecular flexibility index (Phi) is 20.2. The molecule has 0 fully saturated rings. The number of aliphatic hydroxyl groups excluding tert-OH is 2. The van der Waals surface area contributed by atoms with Crippen LogP contribution in [0.1, 0.15) is 71.1 Å². The zero-order chi connectivity index (χ0) is 17.9. The molecule has 0 radical (unpaired) electrons. The Morgan fingerprint density at radius 3 is 1.78 bits per heavy atom. The van der Waals surface area contributed by atoms with Crippen molar-refractivity contribution in [3.63, 3.8) is 0 Å². The smallest absolute Gasteiger partial charge is 0.291 e. The third-order valence-corrected chi connectivity index (χ3v) is 3.63. The molecule has 3 N–H and O–H groups in total. The standard InChI is InChI=1S/C16H35NO2.HNO3/c1-3-4-5-6-7-8-9-10-11-12-13-17(2)14-16(19)15-18;2-1(3)4/h16,18-19H,3-15H2,1-2H3;(H,2,3,4). The largest absolute Gasteiger partial charge is 0.394 e. The quantitative estimate of drug-likeness (QED) is 0.256. The highest BCUT2D eigenvalue weighted by Crippen LogP contribution is 2.10. The minimum atomic E-state index is -1.50. The second kappa shape index (κ2) is 19.1. The SMILES string of the molecule is CCCCCCCCCCCCN(C)CC(O)CO.O=[N+]([O-])O. The van der Waals surface area contributed by atoms with Gasteiger partial charge in [-0.2, -0.15) is 0 Å². The van der Waals surface area contributed by atoms with Crippen molar-refractivity contribution in [2.24, 2.45) is 0 Å². The lowest BCUT2D eigenvalue weighted by Crippen LogP contribution is -2.31. The van der Waals surface area contributed by atoms with Crippen LogP contribution in [-0.4, -0.2) is 58.3 Å². The molecule has 0 bridgehead atoms. The van der Waals surface area contributed by atoms with E-state index in [9.17, 15) is 5.11 Å². The zero-order valence-corrected chi connectivity index (χ0v) is 14.8. The maximum absolute atomic E-state index is 9.30. The summed E-state index contributed by atoms with van der Waals surface area (Å²) in [6.45, 7) is 3.72. The molecule has 0 aliphatic rings. The van der Waals surface area contributed by atoms with E-state index in [1.165, 1.54) is 64.2 Å². The number of hydrogen-bond donors (Lipinski definition) is 3. The molecule has 0 saturated carbocycles. The van der Waals surface area contributed by atoms with Crippen molar-refractivity contribution in [1.82, 2.24) is 4.90 Å². The number of aliphatic hydroxyl groups is 2. The van der Waals surface area contributed by atoms with Gasteiger partial charge in [0, 0.05) is 6.54 Å². The molecule has 0 spiro atoms. The monoisotopic (exact) mass is 336 g/mol. The van der Waals surface area contributed by atoms with E-state index in [-0.39, 0.29) is 6.61 Å². The van der Waals surface area contributed by atoms with Gasteiger partial charge in [0.2, 0.25) is 0 Å². The Labute approximate surface area is 140 Å².